The van der Waals surface area contributed by atoms with Gasteiger partial charge in [-0.25, -0.2) is 0 Å². The fourth-order valence-electron chi connectivity index (χ4n) is 3.51. The molecule has 0 aliphatic carbocycles. The Morgan fingerprint density at radius 3 is 2.24 bits per heavy atom. The van der Waals surface area contributed by atoms with Crippen LogP contribution in [-0.4, -0.2) is 122 Å². The first-order valence-electron chi connectivity index (χ1n) is 10.6. The lowest BCUT2D eigenvalue weighted by molar-refractivity contribution is -0.339. The number of hydrogen-bond donors (Lipinski definition) is 8. The minimum atomic E-state index is -1.69. The molecule has 0 spiro atoms. The summed E-state index contributed by atoms with van der Waals surface area (Å²) >= 11 is 1.21. The summed E-state index contributed by atoms with van der Waals surface area (Å²) in [4.78, 5) is 23.3. The highest BCUT2D eigenvalue weighted by Crippen LogP contribution is 2.31. The number of rotatable bonds is 10. The molecule has 14 heteroatoms. The zero-order chi connectivity index (χ0) is 24.9. The van der Waals surface area contributed by atoms with Crippen molar-refractivity contribution in [3.8, 4) is 0 Å². The Bertz CT molecular complexity index is 655. The summed E-state index contributed by atoms with van der Waals surface area (Å²) in [5, 5.41) is 62.4. The van der Waals surface area contributed by atoms with E-state index in [1.807, 2.05) is 0 Å². The predicted octanol–water partition coefficient (Wildman–Crippen LogP) is -4.14. The molecule has 4 unspecified atom stereocenters. The Morgan fingerprint density at radius 1 is 1.03 bits per heavy atom. The maximum atomic E-state index is 12.3. The zero-order valence-electron chi connectivity index (χ0n) is 18.4. The number of carbonyl (C=O) groups excluding carboxylic acids is 2. The quantitative estimate of drug-likeness (QED) is 0.144. The lowest BCUT2D eigenvalue weighted by Crippen LogP contribution is -2.64. The van der Waals surface area contributed by atoms with E-state index >= 15 is 0 Å². The zero-order valence-corrected chi connectivity index (χ0v) is 19.2. The van der Waals surface area contributed by atoms with Crippen LogP contribution in [0.3, 0.4) is 0 Å². The van der Waals surface area contributed by atoms with E-state index in [0.29, 0.717) is 5.75 Å². The van der Waals surface area contributed by atoms with Crippen LogP contribution in [0.1, 0.15) is 13.8 Å². The van der Waals surface area contributed by atoms with Crippen LogP contribution >= 0.6 is 11.8 Å². The molecule has 0 aromatic carbocycles. The van der Waals surface area contributed by atoms with Gasteiger partial charge in [0.05, 0.1) is 25.1 Å². The Morgan fingerprint density at radius 2 is 1.67 bits per heavy atom. The molecule has 2 amide bonds. The highest BCUT2D eigenvalue weighted by atomic mass is 32.2. The fourth-order valence-corrected chi connectivity index (χ4v) is 4.42. The van der Waals surface area contributed by atoms with Gasteiger partial charge in [-0.3, -0.25) is 9.59 Å². The summed E-state index contributed by atoms with van der Waals surface area (Å²) in [6.45, 7) is 1.97. The average molecular weight is 499 g/mol. The third-order valence-corrected chi connectivity index (χ3v) is 6.95. The molecule has 0 aromatic heterocycles. The number of nitrogens with one attached hydrogen (secondary N) is 1. The molecule has 2 aliphatic heterocycles. The third kappa shape index (κ3) is 6.97. The molecule has 2 saturated heterocycles. The molecular weight excluding hydrogens is 464 g/mol. The molecule has 9 N–H and O–H groups in total. The number of carbonyl (C=O) groups is 2. The Kier molecular flexibility index (Phi) is 10.7. The van der Waals surface area contributed by atoms with Crippen molar-refractivity contribution in [2.24, 2.45) is 17.6 Å². The molecule has 13 nitrogen and oxygen atoms in total. The number of aliphatic hydroxyl groups excluding tert-OH is 6. The van der Waals surface area contributed by atoms with E-state index in [2.05, 4.69) is 5.32 Å². The van der Waals surface area contributed by atoms with E-state index < -0.39 is 92.1 Å². The van der Waals surface area contributed by atoms with Gasteiger partial charge in [-0.05, 0) is 0 Å². The van der Waals surface area contributed by atoms with Crippen LogP contribution < -0.4 is 11.1 Å². The Labute approximate surface area is 195 Å². The van der Waals surface area contributed by atoms with E-state index in [1.54, 1.807) is 13.8 Å². The van der Waals surface area contributed by atoms with Crippen molar-refractivity contribution in [1.82, 2.24) is 5.32 Å². The number of amides is 2. The van der Waals surface area contributed by atoms with Gasteiger partial charge < -0.3 is 55.9 Å². The third-order valence-electron chi connectivity index (χ3n) is 5.75. The van der Waals surface area contributed by atoms with Gasteiger partial charge >= 0.3 is 0 Å². The summed E-state index contributed by atoms with van der Waals surface area (Å²) in [5.74, 6) is -1.60. The molecule has 192 valence electrons. The van der Waals surface area contributed by atoms with Crippen molar-refractivity contribution >= 4 is 23.6 Å². The minimum absolute atomic E-state index is 0.0227. The monoisotopic (exact) mass is 498 g/mol. The van der Waals surface area contributed by atoms with Crippen molar-refractivity contribution in [1.29, 1.82) is 0 Å². The summed E-state index contributed by atoms with van der Waals surface area (Å²) in [6, 6.07) is 0. The minimum Gasteiger partial charge on any atom is -0.394 e. The van der Waals surface area contributed by atoms with Crippen LogP contribution in [0.2, 0.25) is 0 Å². The lowest BCUT2D eigenvalue weighted by atomic mass is 9.91. The second-order valence-corrected chi connectivity index (χ2v) is 9.34. The standard InChI is InChI=1S/C19H34N2O11S/c1-7(17(20)29)5-33-6-11(24)21-18-8(2)12(25)16(10(4-23)30-18)32-19-15(28)14(27)13(26)9(3-22)31-19/h7-10,12-16,18-19,22-23,25-28H,3-6H2,1-2H3,(H2,20,29)(H,21,24)/t7-,8-,9?,10?,12?,13-,14?,15-,16+,18+,19-/m0/s1. The SMILES string of the molecule is C[C@@H](CSCC(=O)N[C@@H]1OC(CO)[C@@H](O[C@@H]2OC(CO)[C@H](O)C(O)[C@@H]2O)C(O)[C@@H]1C)C(N)=O. The maximum absolute atomic E-state index is 12.3. The van der Waals surface area contributed by atoms with Gasteiger partial charge in [0.15, 0.2) is 6.29 Å². The highest BCUT2D eigenvalue weighted by molar-refractivity contribution is 7.99. The lowest BCUT2D eigenvalue weighted by Gasteiger charge is -2.46. The van der Waals surface area contributed by atoms with Crippen LogP contribution in [0.25, 0.3) is 0 Å². The number of primary amides is 1. The predicted molar refractivity (Wildman–Crippen MR) is 113 cm³/mol. The molecule has 33 heavy (non-hydrogen) atoms. The molecule has 2 aliphatic rings. The van der Waals surface area contributed by atoms with E-state index in [9.17, 15) is 40.2 Å². The summed E-state index contributed by atoms with van der Waals surface area (Å²) < 4.78 is 16.6. The van der Waals surface area contributed by atoms with Gasteiger partial charge in [0.2, 0.25) is 11.8 Å². The topological polar surface area (TPSA) is 221 Å². The molecule has 0 bridgehead atoms. The first-order chi connectivity index (χ1) is 15.5. The van der Waals surface area contributed by atoms with Crippen LogP contribution in [0.15, 0.2) is 0 Å². The average Bonchev–Trinajstić information content (AvgIpc) is 2.78. The summed E-state index contributed by atoms with van der Waals surface area (Å²) in [7, 11) is 0. The van der Waals surface area contributed by atoms with Crippen molar-refractivity contribution in [2.45, 2.75) is 69.1 Å². The van der Waals surface area contributed by atoms with Gasteiger partial charge in [-0.1, -0.05) is 13.8 Å². The maximum Gasteiger partial charge on any atom is 0.231 e. The van der Waals surface area contributed by atoms with Gasteiger partial charge in [0.1, 0.15) is 42.9 Å². The van der Waals surface area contributed by atoms with Gasteiger partial charge in [0.25, 0.3) is 0 Å². The van der Waals surface area contributed by atoms with E-state index in [-0.39, 0.29) is 5.75 Å². The van der Waals surface area contributed by atoms with E-state index in [4.69, 9.17) is 19.9 Å². The van der Waals surface area contributed by atoms with Crippen LogP contribution in [0.5, 0.6) is 0 Å². The number of ether oxygens (including phenoxy) is 3. The number of thioether (sulfide) groups is 1. The van der Waals surface area contributed by atoms with Gasteiger partial charge in [0, 0.05) is 17.6 Å². The first kappa shape index (κ1) is 28.2. The molecule has 0 aromatic rings. The Balaban J connectivity index is 1.98. The largest absolute Gasteiger partial charge is 0.394 e. The molecule has 0 saturated carbocycles. The fraction of sp³-hybridized carbons (Fsp3) is 0.895. The second kappa shape index (κ2) is 12.6. The molecule has 2 rings (SSSR count). The van der Waals surface area contributed by atoms with Crippen molar-refractivity contribution in [2.75, 3.05) is 24.7 Å². The molecule has 2 heterocycles. The van der Waals surface area contributed by atoms with Gasteiger partial charge in [-0.2, -0.15) is 11.8 Å². The number of aliphatic hydroxyl groups is 6. The molecule has 2 fully saturated rings. The molecule has 0 radical (unpaired) electrons. The van der Waals surface area contributed by atoms with Crippen molar-refractivity contribution < 1.29 is 54.4 Å². The molecule has 11 atom stereocenters. The normalized spacial score (nSPS) is 40.2. The summed E-state index contributed by atoms with van der Waals surface area (Å²) in [5.41, 5.74) is 5.19. The smallest absolute Gasteiger partial charge is 0.231 e. The van der Waals surface area contributed by atoms with Crippen LogP contribution in [-0.2, 0) is 23.8 Å². The van der Waals surface area contributed by atoms with Crippen LogP contribution in [0.4, 0.5) is 0 Å². The van der Waals surface area contributed by atoms with E-state index in [0.717, 1.165) is 0 Å². The second-order valence-electron chi connectivity index (χ2n) is 8.31. The van der Waals surface area contributed by atoms with Crippen molar-refractivity contribution in [3.63, 3.8) is 0 Å². The first-order valence-corrected chi connectivity index (χ1v) is 11.7. The Hall–Kier alpha value is -1.07. The van der Waals surface area contributed by atoms with Crippen LogP contribution in [0, 0.1) is 11.8 Å². The number of hydrogen-bond acceptors (Lipinski definition) is 12. The molecular formula is C19H34N2O11S. The number of nitrogens with two attached hydrogens (primary N) is 1. The van der Waals surface area contributed by atoms with E-state index in [1.165, 1.54) is 11.8 Å². The highest BCUT2D eigenvalue weighted by Gasteiger charge is 2.49. The van der Waals surface area contributed by atoms with Gasteiger partial charge in [-0.15, -0.1) is 0 Å². The van der Waals surface area contributed by atoms with Crippen molar-refractivity contribution in [3.05, 3.63) is 0 Å². The summed E-state index contributed by atoms with van der Waals surface area (Å²) in [6.07, 6.45) is -12.3.